The predicted octanol–water partition coefficient (Wildman–Crippen LogP) is 3.54. The second-order valence-electron chi connectivity index (χ2n) is 5.38. The molecule has 0 aromatic heterocycles. The van der Waals surface area contributed by atoms with Gasteiger partial charge in [0, 0.05) is 5.54 Å². The fourth-order valence-corrected chi connectivity index (χ4v) is 2.64. The molecule has 0 heterocycles. The second kappa shape index (κ2) is 6.98. The average molecular weight is 221 g/mol. The number of nitrogens with one attached hydrogen (secondary N) is 1. The largest absolute Gasteiger partial charge is 0.361 e. The topological polar surface area (TPSA) is 29.1 Å². The molecule has 0 aromatic rings. The third kappa shape index (κ3) is 5.57. The first-order valence-electron chi connectivity index (χ1n) is 6.70. The van der Waals surface area contributed by atoms with Crippen molar-refractivity contribution in [3.63, 3.8) is 0 Å². The van der Waals surface area contributed by atoms with E-state index >= 15 is 0 Å². The molecule has 16 heavy (non-hydrogen) atoms. The average Bonchev–Trinajstić information content (AvgIpc) is 2.23. The van der Waals surface area contributed by atoms with Crippen LogP contribution < -0.4 is 5.32 Å². The molecule has 0 unspecified atom stereocenters. The summed E-state index contributed by atoms with van der Waals surface area (Å²) in [6, 6.07) is 0. The van der Waals surface area contributed by atoms with Crippen molar-refractivity contribution in [3.8, 4) is 0 Å². The molecule has 1 rings (SSSR count). The Morgan fingerprint density at radius 2 is 1.31 bits per heavy atom. The van der Waals surface area contributed by atoms with Gasteiger partial charge in [-0.25, -0.2) is 0 Å². The molecule has 1 aliphatic rings. The van der Waals surface area contributed by atoms with Crippen molar-refractivity contribution in [1.29, 1.82) is 0 Å². The summed E-state index contributed by atoms with van der Waals surface area (Å²) < 4.78 is 0. The summed E-state index contributed by atoms with van der Waals surface area (Å²) in [6.45, 7) is 2.13. The first kappa shape index (κ1) is 13.6. The molecule has 0 spiro atoms. The van der Waals surface area contributed by atoms with Crippen LogP contribution in [0, 0.1) is 0 Å². The van der Waals surface area contributed by atoms with Gasteiger partial charge in [-0.2, -0.15) is 0 Å². The third-order valence-corrected chi connectivity index (χ3v) is 3.63. The van der Waals surface area contributed by atoms with Crippen LogP contribution in [0.1, 0.15) is 71.1 Å². The van der Waals surface area contributed by atoms with Crippen molar-refractivity contribution >= 4 is 13.7 Å². The van der Waals surface area contributed by atoms with Crippen molar-refractivity contribution in [2.45, 2.75) is 76.7 Å². The van der Waals surface area contributed by atoms with Crippen LogP contribution in [0.15, 0.2) is 0 Å². The fourth-order valence-electron chi connectivity index (χ4n) is 2.64. The van der Waals surface area contributed by atoms with E-state index in [2.05, 4.69) is 12.2 Å². The molecule has 1 aliphatic carbocycles. The molecular weight excluding hydrogens is 197 g/mol. The summed E-state index contributed by atoms with van der Waals surface area (Å²) in [6.07, 6.45) is 12.5. The highest BCUT2D eigenvalue weighted by atomic mass is 16.1. The quantitative estimate of drug-likeness (QED) is 0.674. The highest BCUT2D eigenvalue weighted by Gasteiger charge is 2.23. The van der Waals surface area contributed by atoms with E-state index < -0.39 is 0 Å². The zero-order valence-electron chi connectivity index (χ0n) is 10.6. The highest BCUT2D eigenvalue weighted by Crippen LogP contribution is 2.24. The van der Waals surface area contributed by atoms with Crippen molar-refractivity contribution in [1.82, 2.24) is 5.32 Å². The van der Waals surface area contributed by atoms with Crippen LogP contribution >= 0.6 is 0 Å². The van der Waals surface area contributed by atoms with E-state index in [1.807, 2.05) is 0 Å². The zero-order chi connectivity index (χ0) is 11.9. The van der Waals surface area contributed by atoms with Crippen molar-refractivity contribution in [3.05, 3.63) is 0 Å². The Balaban J connectivity index is 2.46. The highest BCUT2D eigenvalue weighted by molar-refractivity contribution is 6.57. The lowest BCUT2D eigenvalue weighted by Crippen LogP contribution is -2.45. The summed E-state index contributed by atoms with van der Waals surface area (Å²) >= 11 is 0. The molecule has 0 saturated heterocycles. The van der Waals surface area contributed by atoms with Gasteiger partial charge in [-0.05, 0) is 19.8 Å². The number of hydrogen-bond donors (Lipinski definition) is 1. The number of amides is 1. The van der Waals surface area contributed by atoms with Gasteiger partial charge in [0.15, 0.2) is 5.81 Å². The maximum Gasteiger partial charge on any atom is 0.200 e. The Bertz CT molecular complexity index is 206. The first-order valence-corrected chi connectivity index (χ1v) is 6.70. The van der Waals surface area contributed by atoms with E-state index in [1.165, 1.54) is 51.4 Å². The maximum absolute atomic E-state index is 11.0. The predicted molar refractivity (Wildman–Crippen MR) is 68.9 cm³/mol. The van der Waals surface area contributed by atoms with Gasteiger partial charge >= 0.3 is 0 Å². The van der Waals surface area contributed by atoms with Crippen LogP contribution in [0.4, 0.5) is 4.79 Å². The lowest BCUT2D eigenvalue weighted by molar-refractivity contribution is 0.238. The second-order valence-corrected chi connectivity index (χ2v) is 5.38. The monoisotopic (exact) mass is 221 g/mol. The Morgan fingerprint density at radius 3 is 1.69 bits per heavy atom. The van der Waals surface area contributed by atoms with E-state index in [0.717, 1.165) is 12.8 Å². The third-order valence-electron chi connectivity index (χ3n) is 3.63. The van der Waals surface area contributed by atoms with Gasteiger partial charge in [-0.1, -0.05) is 51.4 Å². The van der Waals surface area contributed by atoms with Gasteiger partial charge in [0.1, 0.15) is 0 Å². The Kier molecular flexibility index (Phi) is 5.93. The van der Waals surface area contributed by atoms with E-state index in [0.29, 0.717) is 0 Å². The molecule has 0 aliphatic heterocycles. The number of rotatable bonds is 1. The summed E-state index contributed by atoms with van der Waals surface area (Å²) in [4.78, 5) is 11.0. The smallest absolute Gasteiger partial charge is 0.200 e. The Labute approximate surface area is 101 Å². The van der Waals surface area contributed by atoms with Gasteiger partial charge in [0.2, 0.25) is 7.85 Å². The molecule has 0 aromatic carbocycles. The van der Waals surface area contributed by atoms with E-state index in [4.69, 9.17) is 7.85 Å². The SMILES string of the molecule is [B]C(=O)NC1(C)CCCCCCCCCC1. The van der Waals surface area contributed by atoms with Crippen molar-refractivity contribution in [2.75, 3.05) is 0 Å². The lowest BCUT2D eigenvalue weighted by atomic mass is 9.87. The van der Waals surface area contributed by atoms with Gasteiger partial charge in [0.05, 0.1) is 0 Å². The van der Waals surface area contributed by atoms with Crippen molar-refractivity contribution < 1.29 is 4.79 Å². The first-order chi connectivity index (χ1) is 7.62. The molecule has 1 N–H and O–H groups in total. The normalized spacial score (nSPS) is 23.1. The van der Waals surface area contributed by atoms with Crippen LogP contribution in [-0.4, -0.2) is 19.2 Å². The molecule has 1 fully saturated rings. The summed E-state index contributed by atoms with van der Waals surface area (Å²) in [5.74, 6) is -0.377. The van der Waals surface area contributed by atoms with Crippen LogP contribution in [0.25, 0.3) is 0 Å². The van der Waals surface area contributed by atoms with Gasteiger partial charge in [-0.15, -0.1) is 0 Å². The number of hydrogen-bond acceptors (Lipinski definition) is 1. The summed E-state index contributed by atoms with van der Waals surface area (Å²) in [5, 5.41) is 2.93. The van der Waals surface area contributed by atoms with E-state index in [1.54, 1.807) is 0 Å². The number of carbonyl (C=O) groups is 1. The molecule has 3 heteroatoms. The molecule has 90 valence electrons. The standard InChI is InChI=1S/C13H24BNO/c1-13(15-12(14)16)10-8-6-4-2-3-5-7-9-11-13/h2-11H2,1H3,(H,15,16). The van der Waals surface area contributed by atoms with Crippen LogP contribution in [-0.2, 0) is 0 Å². The van der Waals surface area contributed by atoms with Crippen LogP contribution in [0.3, 0.4) is 0 Å². The molecule has 1 saturated carbocycles. The Hall–Kier alpha value is -0.465. The zero-order valence-corrected chi connectivity index (χ0v) is 10.6. The van der Waals surface area contributed by atoms with E-state index in [-0.39, 0.29) is 11.3 Å². The van der Waals surface area contributed by atoms with Crippen LogP contribution in [0.5, 0.6) is 0 Å². The molecule has 0 atom stereocenters. The Morgan fingerprint density at radius 1 is 0.938 bits per heavy atom. The minimum absolute atomic E-state index is 0.0732. The van der Waals surface area contributed by atoms with Gasteiger partial charge < -0.3 is 5.32 Å². The summed E-state index contributed by atoms with van der Waals surface area (Å²) in [5.41, 5.74) is -0.0732. The fraction of sp³-hybridized carbons (Fsp3) is 0.923. The van der Waals surface area contributed by atoms with Crippen LogP contribution in [0.2, 0.25) is 0 Å². The molecule has 0 bridgehead atoms. The summed E-state index contributed by atoms with van der Waals surface area (Å²) in [7, 11) is 5.25. The molecule has 2 nitrogen and oxygen atoms in total. The van der Waals surface area contributed by atoms with Crippen molar-refractivity contribution in [2.24, 2.45) is 0 Å². The van der Waals surface area contributed by atoms with Gasteiger partial charge in [0.25, 0.3) is 0 Å². The minimum atomic E-state index is -0.377. The van der Waals surface area contributed by atoms with E-state index in [9.17, 15) is 4.79 Å². The maximum atomic E-state index is 11.0. The molecule has 1 amide bonds. The molecular formula is C13H24BNO. The number of carbonyl (C=O) groups excluding carboxylic acids is 1. The minimum Gasteiger partial charge on any atom is -0.361 e. The lowest BCUT2D eigenvalue weighted by Gasteiger charge is -2.31. The molecule has 2 radical (unpaired) electrons. The van der Waals surface area contributed by atoms with Gasteiger partial charge in [-0.3, -0.25) is 4.79 Å².